The largest absolute Gasteiger partial charge is 0.497 e. The minimum Gasteiger partial charge on any atom is -0.497 e. The van der Waals surface area contributed by atoms with Gasteiger partial charge in [-0.05, 0) is 35.4 Å². The highest BCUT2D eigenvalue weighted by molar-refractivity contribution is 9.11. The zero-order valence-electron chi connectivity index (χ0n) is 9.73. The predicted molar refractivity (Wildman–Crippen MR) is 78.9 cm³/mol. The summed E-state index contributed by atoms with van der Waals surface area (Å²) < 4.78 is 7.00. The molecule has 0 fully saturated rings. The summed E-state index contributed by atoms with van der Waals surface area (Å²) in [6, 6.07) is 13.1. The lowest BCUT2D eigenvalue weighted by Gasteiger charge is -2.14. The molecule has 1 atom stereocenters. The van der Waals surface area contributed by atoms with E-state index in [9.17, 15) is 5.11 Å². The third-order valence-electron chi connectivity index (χ3n) is 2.67. The Labute approximate surface area is 123 Å². The summed E-state index contributed by atoms with van der Waals surface area (Å²) in [6.07, 6.45) is -0.678. The Hall–Kier alpha value is -0.840. The SMILES string of the molecule is COc1cccc(C(O)c2ccc(Br)cc2Br)c1. The van der Waals surface area contributed by atoms with E-state index in [-0.39, 0.29) is 0 Å². The zero-order chi connectivity index (χ0) is 13.1. The molecular weight excluding hydrogens is 360 g/mol. The lowest BCUT2D eigenvalue weighted by molar-refractivity contribution is 0.219. The van der Waals surface area contributed by atoms with Crippen LogP contribution in [0.25, 0.3) is 0 Å². The molecule has 0 radical (unpaired) electrons. The first-order valence-corrected chi connectivity index (χ1v) is 6.97. The fourth-order valence-corrected chi connectivity index (χ4v) is 2.98. The van der Waals surface area contributed by atoms with Gasteiger partial charge in [0.2, 0.25) is 0 Å². The van der Waals surface area contributed by atoms with Crippen LogP contribution < -0.4 is 4.74 Å². The molecule has 2 aromatic rings. The van der Waals surface area contributed by atoms with Gasteiger partial charge in [-0.15, -0.1) is 0 Å². The van der Waals surface area contributed by atoms with Crippen LogP contribution in [0.15, 0.2) is 51.4 Å². The van der Waals surface area contributed by atoms with E-state index in [4.69, 9.17) is 4.74 Å². The number of benzene rings is 2. The van der Waals surface area contributed by atoms with Crippen molar-refractivity contribution in [3.05, 3.63) is 62.5 Å². The second-order valence-electron chi connectivity index (χ2n) is 3.84. The highest BCUT2D eigenvalue weighted by Gasteiger charge is 2.14. The fourth-order valence-electron chi connectivity index (χ4n) is 1.71. The molecule has 2 rings (SSSR count). The number of aliphatic hydroxyl groups is 1. The summed E-state index contributed by atoms with van der Waals surface area (Å²) in [5.41, 5.74) is 1.63. The molecule has 0 saturated carbocycles. The van der Waals surface area contributed by atoms with Crippen molar-refractivity contribution in [2.24, 2.45) is 0 Å². The van der Waals surface area contributed by atoms with E-state index >= 15 is 0 Å². The molecule has 0 bridgehead atoms. The summed E-state index contributed by atoms with van der Waals surface area (Å²) in [4.78, 5) is 0. The fraction of sp³-hybridized carbons (Fsp3) is 0.143. The Morgan fingerprint density at radius 1 is 1.11 bits per heavy atom. The molecule has 0 spiro atoms. The number of hydrogen-bond donors (Lipinski definition) is 1. The van der Waals surface area contributed by atoms with Gasteiger partial charge in [-0.3, -0.25) is 0 Å². The van der Waals surface area contributed by atoms with Gasteiger partial charge in [0, 0.05) is 8.95 Å². The topological polar surface area (TPSA) is 29.5 Å². The monoisotopic (exact) mass is 370 g/mol. The molecule has 0 heterocycles. The molecule has 94 valence electrons. The van der Waals surface area contributed by atoms with Gasteiger partial charge in [0.25, 0.3) is 0 Å². The maximum Gasteiger partial charge on any atom is 0.119 e. The third kappa shape index (κ3) is 2.94. The van der Waals surface area contributed by atoms with Crippen LogP contribution in [0, 0.1) is 0 Å². The maximum atomic E-state index is 10.4. The maximum absolute atomic E-state index is 10.4. The van der Waals surface area contributed by atoms with E-state index in [1.165, 1.54) is 0 Å². The van der Waals surface area contributed by atoms with Gasteiger partial charge in [-0.25, -0.2) is 0 Å². The van der Waals surface area contributed by atoms with Gasteiger partial charge in [0.1, 0.15) is 11.9 Å². The smallest absolute Gasteiger partial charge is 0.119 e. The first kappa shape index (κ1) is 13.6. The van der Waals surface area contributed by atoms with Crippen molar-refractivity contribution in [2.75, 3.05) is 7.11 Å². The Morgan fingerprint density at radius 3 is 2.56 bits per heavy atom. The molecule has 2 nitrogen and oxygen atoms in total. The van der Waals surface area contributed by atoms with E-state index in [2.05, 4.69) is 31.9 Å². The van der Waals surface area contributed by atoms with Crippen LogP contribution in [0.4, 0.5) is 0 Å². The van der Waals surface area contributed by atoms with Crippen LogP contribution in [-0.2, 0) is 0 Å². The molecule has 0 aromatic heterocycles. The van der Waals surface area contributed by atoms with Gasteiger partial charge in [0.05, 0.1) is 7.11 Å². The number of halogens is 2. The highest BCUT2D eigenvalue weighted by Crippen LogP contribution is 2.31. The quantitative estimate of drug-likeness (QED) is 0.871. The van der Waals surface area contributed by atoms with Crippen molar-refractivity contribution >= 4 is 31.9 Å². The van der Waals surface area contributed by atoms with Crippen LogP contribution >= 0.6 is 31.9 Å². The Bertz CT molecular complexity index is 555. The van der Waals surface area contributed by atoms with Gasteiger partial charge < -0.3 is 9.84 Å². The molecule has 0 saturated heterocycles. The van der Waals surface area contributed by atoms with Crippen molar-refractivity contribution < 1.29 is 9.84 Å². The minimum atomic E-state index is -0.678. The summed E-state index contributed by atoms with van der Waals surface area (Å²) in [5, 5.41) is 10.4. The molecule has 18 heavy (non-hydrogen) atoms. The Balaban J connectivity index is 2.37. The second-order valence-corrected chi connectivity index (χ2v) is 5.61. The average molecular weight is 372 g/mol. The van der Waals surface area contributed by atoms with Crippen LogP contribution in [0.5, 0.6) is 5.75 Å². The van der Waals surface area contributed by atoms with Gasteiger partial charge in [0.15, 0.2) is 0 Å². The lowest BCUT2D eigenvalue weighted by Crippen LogP contribution is -2.01. The van der Waals surface area contributed by atoms with Crippen molar-refractivity contribution in [1.82, 2.24) is 0 Å². The molecule has 4 heteroatoms. The number of rotatable bonds is 3. The minimum absolute atomic E-state index is 0.678. The number of ether oxygens (including phenoxy) is 1. The van der Waals surface area contributed by atoms with Gasteiger partial charge >= 0.3 is 0 Å². The number of hydrogen-bond acceptors (Lipinski definition) is 2. The average Bonchev–Trinajstić information content (AvgIpc) is 2.38. The van der Waals surface area contributed by atoms with Crippen molar-refractivity contribution in [2.45, 2.75) is 6.10 Å². The molecule has 0 aliphatic heterocycles. The zero-order valence-corrected chi connectivity index (χ0v) is 12.9. The standard InChI is InChI=1S/C14H12Br2O2/c1-18-11-4-2-3-9(7-11)14(17)12-6-5-10(15)8-13(12)16/h2-8,14,17H,1H3. The molecular formula is C14H12Br2O2. The van der Waals surface area contributed by atoms with E-state index in [1.54, 1.807) is 7.11 Å². The van der Waals surface area contributed by atoms with Crippen LogP contribution in [0.1, 0.15) is 17.2 Å². The van der Waals surface area contributed by atoms with Crippen LogP contribution in [-0.4, -0.2) is 12.2 Å². The number of methoxy groups -OCH3 is 1. The molecule has 1 unspecified atom stereocenters. The second kappa shape index (κ2) is 5.87. The van der Waals surface area contributed by atoms with E-state index < -0.39 is 6.10 Å². The van der Waals surface area contributed by atoms with Crippen molar-refractivity contribution in [1.29, 1.82) is 0 Å². The van der Waals surface area contributed by atoms with Gasteiger partial charge in [-0.2, -0.15) is 0 Å². The van der Waals surface area contributed by atoms with E-state index in [1.807, 2.05) is 42.5 Å². The predicted octanol–water partition coefficient (Wildman–Crippen LogP) is 4.30. The van der Waals surface area contributed by atoms with E-state index in [0.29, 0.717) is 0 Å². The van der Waals surface area contributed by atoms with Crippen LogP contribution in [0.3, 0.4) is 0 Å². The van der Waals surface area contributed by atoms with Crippen molar-refractivity contribution in [3.63, 3.8) is 0 Å². The number of aliphatic hydroxyl groups excluding tert-OH is 1. The normalized spacial score (nSPS) is 12.2. The summed E-state index contributed by atoms with van der Waals surface area (Å²) in [7, 11) is 1.61. The molecule has 0 amide bonds. The molecule has 0 aliphatic rings. The Morgan fingerprint density at radius 2 is 1.89 bits per heavy atom. The van der Waals surface area contributed by atoms with Crippen molar-refractivity contribution in [3.8, 4) is 5.75 Å². The van der Waals surface area contributed by atoms with Gasteiger partial charge in [-0.1, -0.05) is 50.1 Å². The molecule has 0 aliphatic carbocycles. The highest BCUT2D eigenvalue weighted by atomic mass is 79.9. The first-order chi connectivity index (χ1) is 8.61. The van der Waals surface area contributed by atoms with Crippen LogP contribution in [0.2, 0.25) is 0 Å². The first-order valence-electron chi connectivity index (χ1n) is 5.39. The Kier molecular flexibility index (Phi) is 4.43. The third-order valence-corrected chi connectivity index (χ3v) is 3.85. The lowest BCUT2D eigenvalue weighted by atomic mass is 10.0. The molecule has 1 N–H and O–H groups in total. The van der Waals surface area contributed by atoms with E-state index in [0.717, 1.165) is 25.8 Å². The summed E-state index contributed by atoms with van der Waals surface area (Å²) in [6.45, 7) is 0. The molecule has 2 aromatic carbocycles. The summed E-state index contributed by atoms with van der Waals surface area (Å²) >= 11 is 6.85. The summed E-state index contributed by atoms with van der Waals surface area (Å²) in [5.74, 6) is 0.736.